The average molecular weight is 356 g/mol. The van der Waals surface area contributed by atoms with Gasteiger partial charge in [-0.3, -0.25) is 4.79 Å². The van der Waals surface area contributed by atoms with Gasteiger partial charge in [0.25, 0.3) is 5.91 Å². The van der Waals surface area contributed by atoms with Crippen molar-refractivity contribution in [2.75, 3.05) is 21.3 Å². The Labute approximate surface area is 153 Å². The average Bonchev–Trinajstić information content (AvgIpc) is 2.69. The molecule has 0 saturated carbocycles. The second-order valence-corrected chi connectivity index (χ2v) is 5.48. The van der Waals surface area contributed by atoms with Gasteiger partial charge in [0.1, 0.15) is 0 Å². The van der Waals surface area contributed by atoms with Crippen molar-refractivity contribution in [2.24, 2.45) is 5.10 Å². The molecule has 0 aliphatic rings. The van der Waals surface area contributed by atoms with Crippen molar-refractivity contribution in [2.45, 2.75) is 19.4 Å². The number of nitrogens with one attached hydrogen (secondary N) is 1. The molecule has 0 heterocycles. The third-order valence-electron chi connectivity index (χ3n) is 3.93. The number of methoxy groups -OCH3 is 3. The van der Waals surface area contributed by atoms with Crippen molar-refractivity contribution < 1.29 is 19.0 Å². The van der Waals surface area contributed by atoms with E-state index in [0.717, 1.165) is 16.8 Å². The molecule has 138 valence electrons. The van der Waals surface area contributed by atoms with Gasteiger partial charge in [0.2, 0.25) is 0 Å². The highest BCUT2D eigenvalue weighted by Gasteiger charge is 2.19. The Morgan fingerprint density at radius 2 is 1.73 bits per heavy atom. The first-order valence-electron chi connectivity index (χ1n) is 8.31. The molecule has 6 heteroatoms. The fraction of sp³-hybridized carbons (Fsp3) is 0.300. The number of ether oxygens (including phenoxy) is 3. The molecule has 1 atom stereocenters. The second-order valence-electron chi connectivity index (χ2n) is 5.48. The first kappa shape index (κ1) is 19.5. The van der Waals surface area contributed by atoms with Gasteiger partial charge in [-0.25, -0.2) is 5.43 Å². The largest absolute Gasteiger partial charge is 0.493 e. The molecule has 2 aromatic rings. The van der Waals surface area contributed by atoms with E-state index in [4.69, 9.17) is 14.2 Å². The highest BCUT2D eigenvalue weighted by Crippen LogP contribution is 2.28. The molecular weight excluding hydrogens is 332 g/mol. The smallest absolute Gasteiger partial charge is 0.273 e. The lowest BCUT2D eigenvalue weighted by atomic mass is 10.1. The van der Waals surface area contributed by atoms with Crippen LogP contribution in [0.3, 0.4) is 0 Å². The molecule has 1 amide bonds. The van der Waals surface area contributed by atoms with Crippen LogP contribution in [0.15, 0.2) is 53.6 Å². The van der Waals surface area contributed by atoms with Gasteiger partial charge in [-0.1, -0.05) is 37.3 Å². The topological polar surface area (TPSA) is 69.2 Å². The van der Waals surface area contributed by atoms with E-state index in [2.05, 4.69) is 10.5 Å². The van der Waals surface area contributed by atoms with Crippen molar-refractivity contribution in [3.63, 3.8) is 0 Å². The number of rotatable bonds is 8. The molecule has 6 nitrogen and oxygen atoms in total. The lowest BCUT2D eigenvalue weighted by Crippen LogP contribution is -2.27. The van der Waals surface area contributed by atoms with Gasteiger partial charge in [0.15, 0.2) is 17.6 Å². The lowest BCUT2D eigenvalue weighted by molar-refractivity contribution is -0.131. The molecule has 0 saturated heterocycles. The van der Waals surface area contributed by atoms with Crippen LogP contribution in [0.5, 0.6) is 11.5 Å². The highest BCUT2D eigenvalue weighted by atomic mass is 16.5. The summed E-state index contributed by atoms with van der Waals surface area (Å²) in [7, 11) is 4.66. The van der Waals surface area contributed by atoms with Gasteiger partial charge in [-0.05, 0) is 30.2 Å². The van der Waals surface area contributed by atoms with E-state index in [1.165, 1.54) is 7.11 Å². The zero-order chi connectivity index (χ0) is 18.9. The molecule has 1 N–H and O–H groups in total. The molecule has 2 aromatic carbocycles. The van der Waals surface area contributed by atoms with Crippen LogP contribution in [-0.4, -0.2) is 32.9 Å². The predicted octanol–water partition coefficient (Wildman–Crippen LogP) is 3.32. The molecule has 2 rings (SSSR count). The van der Waals surface area contributed by atoms with Crippen LogP contribution < -0.4 is 14.9 Å². The Balaban J connectivity index is 2.19. The normalized spacial score (nSPS) is 12.4. The maximum absolute atomic E-state index is 12.5. The number of carbonyl (C=O) groups is 1. The molecule has 0 spiro atoms. The summed E-state index contributed by atoms with van der Waals surface area (Å²) in [4.78, 5) is 12.5. The third-order valence-corrected chi connectivity index (χ3v) is 3.93. The van der Waals surface area contributed by atoms with Gasteiger partial charge in [-0.2, -0.15) is 5.10 Å². The van der Waals surface area contributed by atoms with E-state index < -0.39 is 6.10 Å². The van der Waals surface area contributed by atoms with Crippen molar-refractivity contribution in [1.82, 2.24) is 5.43 Å². The molecule has 26 heavy (non-hydrogen) atoms. The second kappa shape index (κ2) is 9.58. The van der Waals surface area contributed by atoms with E-state index in [1.54, 1.807) is 14.2 Å². The summed E-state index contributed by atoms with van der Waals surface area (Å²) in [6, 6.07) is 14.8. The van der Waals surface area contributed by atoms with Crippen LogP contribution in [0, 0.1) is 0 Å². The van der Waals surface area contributed by atoms with Gasteiger partial charge in [-0.15, -0.1) is 0 Å². The first-order valence-corrected chi connectivity index (χ1v) is 8.31. The maximum atomic E-state index is 12.5. The number of hydrogen-bond donors (Lipinski definition) is 1. The summed E-state index contributed by atoms with van der Waals surface area (Å²) in [5.41, 5.74) is 4.94. The minimum Gasteiger partial charge on any atom is -0.493 e. The van der Waals surface area contributed by atoms with Crippen LogP contribution in [-0.2, 0) is 9.53 Å². The zero-order valence-corrected chi connectivity index (χ0v) is 15.5. The van der Waals surface area contributed by atoms with Gasteiger partial charge in [0, 0.05) is 12.7 Å². The summed E-state index contributed by atoms with van der Waals surface area (Å²) < 4.78 is 15.9. The summed E-state index contributed by atoms with van der Waals surface area (Å²) in [5, 5.41) is 4.28. The Morgan fingerprint density at radius 3 is 2.31 bits per heavy atom. The molecule has 0 aliphatic heterocycles. The van der Waals surface area contributed by atoms with Crippen LogP contribution in [0.1, 0.15) is 30.6 Å². The Morgan fingerprint density at radius 1 is 1.04 bits per heavy atom. The van der Waals surface area contributed by atoms with Crippen LogP contribution >= 0.6 is 0 Å². The number of amides is 1. The zero-order valence-electron chi connectivity index (χ0n) is 15.5. The molecule has 0 bridgehead atoms. The standard InChI is InChI=1S/C20H24N2O4/c1-5-16(15-11-12-17(24-2)18(13-15)25-3)21-22-20(23)19(26-4)14-9-7-6-8-10-14/h6-13,19H,5H2,1-4H3,(H,22,23)/b21-16-/t19-/m1/s1. The first-order chi connectivity index (χ1) is 12.6. The fourth-order valence-corrected chi connectivity index (χ4v) is 2.57. The van der Waals surface area contributed by atoms with Crippen molar-refractivity contribution in [3.8, 4) is 11.5 Å². The number of benzene rings is 2. The summed E-state index contributed by atoms with van der Waals surface area (Å²) in [5.74, 6) is 0.918. The van der Waals surface area contributed by atoms with E-state index in [9.17, 15) is 4.79 Å². The van der Waals surface area contributed by atoms with E-state index >= 15 is 0 Å². The van der Waals surface area contributed by atoms with E-state index in [1.807, 2.05) is 55.5 Å². The maximum Gasteiger partial charge on any atom is 0.273 e. The minimum atomic E-state index is -0.719. The monoisotopic (exact) mass is 356 g/mol. The SMILES string of the molecule is CC/C(=N/NC(=O)[C@H](OC)c1ccccc1)c1ccc(OC)c(OC)c1. The van der Waals surface area contributed by atoms with Gasteiger partial charge in [0.05, 0.1) is 19.9 Å². The van der Waals surface area contributed by atoms with Crippen molar-refractivity contribution in [1.29, 1.82) is 0 Å². The van der Waals surface area contributed by atoms with Gasteiger partial charge < -0.3 is 14.2 Å². The summed E-state index contributed by atoms with van der Waals surface area (Å²) in [6.45, 7) is 1.96. The predicted molar refractivity (Wildman–Crippen MR) is 101 cm³/mol. The van der Waals surface area contributed by atoms with E-state index in [-0.39, 0.29) is 5.91 Å². The number of hydrogen-bond acceptors (Lipinski definition) is 5. The Kier molecular flexibility index (Phi) is 7.17. The summed E-state index contributed by atoms with van der Waals surface area (Å²) in [6.07, 6.45) is -0.0814. The quantitative estimate of drug-likeness (QED) is 0.582. The molecular formula is C20H24N2O4. The van der Waals surface area contributed by atoms with Crippen LogP contribution in [0.2, 0.25) is 0 Å². The number of hydrazone groups is 1. The highest BCUT2D eigenvalue weighted by molar-refractivity contribution is 6.01. The molecule has 0 radical (unpaired) electrons. The van der Waals surface area contributed by atoms with Crippen LogP contribution in [0.4, 0.5) is 0 Å². The van der Waals surface area contributed by atoms with E-state index in [0.29, 0.717) is 17.9 Å². The minimum absolute atomic E-state index is 0.329. The number of nitrogens with zero attached hydrogens (tertiary/aromatic N) is 1. The molecule has 0 aliphatic carbocycles. The third kappa shape index (κ3) is 4.61. The molecule has 0 fully saturated rings. The number of carbonyl (C=O) groups excluding carboxylic acids is 1. The Hall–Kier alpha value is -2.86. The molecule has 0 aromatic heterocycles. The fourth-order valence-electron chi connectivity index (χ4n) is 2.57. The van der Waals surface area contributed by atoms with Crippen molar-refractivity contribution in [3.05, 3.63) is 59.7 Å². The van der Waals surface area contributed by atoms with Gasteiger partial charge >= 0.3 is 0 Å². The Bertz CT molecular complexity index is 760. The summed E-state index contributed by atoms with van der Waals surface area (Å²) >= 11 is 0. The van der Waals surface area contributed by atoms with Crippen LogP contribution in [0.25, 0.3) is 0 Å². The van der Waals surface area contributed by atoms with Crippen molar-refractivity contribution >= 4 is 11.6 Å². The molecule has 0 unspecified atom stereocenters. The lowest BCUT2D eigenvalue weighted by Gasteiger charge is -2.14.